The van der Waals surface area contributed by atoms with Crippen LogP contribution >= 0.6 is 23.4 Å². The number of hydrogen-bond donors (Lipinski definition) is 1. The Balaban J connectivity index is 2.33. The van der Waals surface area contributed by atoms with Gasteiger partial charge < -0.3 is 10.2 Å². The molecule has 0 bridgehead atoms. The molecule has 1 atom stereocenters. The van der Waals surface area contributed by atoms with Gasteiger partial charge in [0.15, 0.2) is 5.22 Å². The van der Waals surface area contributed by atoms with Crippen LogP contribution in [0.25, 0.3) is 0 Å². The van der Waals surface area contributed by atoms with Crippen LogP contribution in [0.1, 0.15) is 12.7 Å². The molecule has 0 amide bonds. The molecule has 3 nitrogen and oxygen atoms in total. The molecule has 14 heavy (non-hydrogen) atoms. The molecule has 1 unspecified atom stereocenters. The summed E-state index contributed by atoms with van der Waals surface area (Å²) < 4.78 is 5.15. The highest BCUT2D eigenvalue weighted by Gasteiger charge is 2.17. The number of nitrogens with two attached hydrogens (primary N) is 1. The molecule has 0 fully saturated rings. The van der Waals surface area contributed by atoms with Crippen LogP contribution in [0.15, 0.2) is 16.5 Å². The van der Waals surface area contributed by atoms with Crippen LogP contribution in [0, 0.1) is 11.3 Å². The fourth-order valence-electron chi connectivity index (χ4n) is 0.825. The first-order valence-electron chi connectivity index (χ1n) is 4.05. The first-order valence-corrected chi connectivity index (χ1v) is 5.59. The van der Waals surface area contributed by atoms with Gasteiger partial charge in [0, 0.05) is 5.75 Å². The summed E-state index contributed by atoms with van der Waals surface area (Å²) in [5.41, 5.74) is 4.87. The summed E-state index contributed by atoms with van der Waals surface area (Å²) in [4.78, 5) is 0. The van der Waals surface area contributed by atoms with Gasteiger partial charge in [-0.2, -0.15) is 17.0 Å². The molecule has 2 N–H and O–H groups in total. The smallest absolute Gasteiger partial charge is 0.193 e. The molecule has 1 aromatic heterocycles. The highest BCUT2D eigenvalue weighted by atomic mass is 35.5. The van der Waals surface area contributed by atoms with E-state index in [4.69, 9.17) is 27.0 Å². The molecule has 5 heteroatoms. The van der Waals surface area contributed by atoms with E-state index in [1.807, 2.05) is 12.1 Å². The average Bonchev–Trinajstić information content (AvgIpc) is 2.51. The second-order valence-corrected chi connectivity index (χ2v) is 4.59. The second kappa shape index (κ2) is 4.74. The van der Waals surface area contributed by atoms with E-state index >= 15 is 0 Å². The summed E-state index contributed by atoms with van der Waals surface area (Å²) in [6.45, 7) is 1.70. The topological polar surface area (TPSA) is 63.0 Å². The molecule has 1 rings (SSSR count). The summed E-state index contributed by atoms with van der Waals surface area (Å²) >= 11 is 7.15. The Kier molecular flexibility index (Phi) is 3.87. The highest BCUT2D eigenvalue weighted by Crippen LogP contribution is 2.20. The van der Waals surface area contributed by atoms with E-state index in [0.29, 0.717) is 16.7 Å². The van der Waals surface area contributed by atoms with Crippen molar-refractivity contribution in [2.24, 2.45) is 5.73 Å². The van der Waals surface area contributed by atoms with E-state index in [9.17, 15) is 0 Å². The zero-order valence-electron chi connectivity index (χ0n) is 7.79. The zero-order valence-corrected chi connectivity index (χ0v) is 9.36. The van der Waals surface area contributed by atoms with E-state index in [1.54, 1.807) is 24.8 Å². The maximum atomic E-state index is 8.66. The standard InChI is InChI=1S/C9H11ClN2OS/c1-9(12,5-11)6-14-4-7-2-3-8(10)13-7/h2-3H,4,6,12H2,1H3. The molecule has 1 aromatic rings. The van der Waals surface area contributed by atoms with Gasteiger partial charge >= 0.3 is 0 Å². The normalized spacial score (nSPS) is 14.7. The first kappa shape index (κ1) is 11.4. The summed E-state index contributed by atoms with van der Waals surface area (Å²) in [6.07, 6.45) is 0. The van der Waals surface area contributed by atoms with Crippen molar-refractivity contribution in [2.75, 3.05) is 5.75 Å². The molecular weight excluding hydrogens is 220 g/mol. The monoisotopic (exact) mass is 230 g/mol. The summed E-state index contributed by atoms with van der Waals surface area (Å²) in [5.74, 6) is 2.05. The maximum absolute atomic E-state index is 8.66. The van der Waals surface area contributed by atoms with E-state index < -0.39 is 5.54 Å². The number of hydrogen-bond acceptors (Lipinski definition) is 4. The van der Waals surface area contributed by atoms with Gasteiger partial charge in [-0.3, -0.25) is 0 Å². The summed E-state index contributed by atoms with van der Waals surface area (Å²) in [6, 6.07) is 5.55. The SMILES string of the molecule is CC(N)(C#N)CSCc1ccc(Cl)o1. The second-order valence-electron chi connectivity index (χ2n) is 3.23. The molecule has 0 saturated carbocycles. The Morgan fingerprint density at radius 2 is 2.43 bits per heavy atom. The Labute approximate surface area is 92.2 Å². The minimum Gasteiger partial charge on any atom is -0.449 e. The lowest BCUT2D eigenvalue weighted by Crippen LogP contribution is -2.36. The molecule has 0 aromatic carbocycles. The molecule has 0 radical (unpaired) electrons. The van der Waals surface area contributed by atoms with Gasteiger partial charge in [0.1, 0.15) is 11.3 Å². The third kappa shape index (κ3) is 3.62. The van der Waals surface area contributed by atoms with Gasteiger partial charge in [-0.15, -0.1) is 0 Å². The Morgan fingerprint density at radius 3 is 2.93 bits per heavy atom. The van der Waals surface area contributed by atoms with Crippen LogP contribution in [0.3, 0.4) is 0 Å². The molecule has 0 aliphatic heterocycles. The molecule has 1 heterocycles. The number of nitriles is 1. The molecule has 76 valence electrons. The third-order valence-corrected chi connectivity index (χ3v) is 3.03. The van der Waals surface area contributed by atoms with Crippen LogP contribution in [-0.4, -0.2) is 11.3 Å². The van der Waals surface area contributed by atoms with Crippen molar-refractivity contribution in [3.05, 3.63) is 23.1 Å². The van der Waals surface area contributed by atoms with Gasteiger partial charge in [0.25, 0.3) is 0 Å². The van der Waals surface area contributed by atoms with Gasteiger partial charge in [0.2, 0.25) is 0 Å². The quantitative estimate of drug-likeness (QED) is 0.863. The summed E-state index contributed by atoms with van der Waals surface area (Å²) in [7, 11) is 0. The fourth-order valence-corrected chi connectivity index (χ4v) is 1.93. The molecular formula is C9H11ClN2OS. The maximum Gasteiger partial charge on any atom is 0.193 e. The van der Waals surface area contributed by atoms with Gasteiger partial charge in [-0.05, 0) is 30.7 Å². The lowest BCUT2D eigenvalue weighted by molar-refractivity contribution is 0.532. The number of nitrogens with zero attached hydrogens (tertiary/aromatic N) is 1. The molecule has 0 aliphatic rings. The average molecular weight is 231 g/mol. The van der Waals surface area contributed by atoms with E-state index in [1.165, 1.54) is 0 Å². The minimum atomic E-state index is -0.777. The molecule has 0 saturated heterocycles. The zero-order chi connectivity index (χ0) is 10.6. The summed E-state index contributed by atoms with van der Waals surface area (Å²) in [5, 5.41) is 9.05. The third-order valence-electron chi connectivity index (χ3n) is 1.53. The van der Waals surface area contributed by atoms with Crippen molar-refractivity contribution in [3.63, 3.8) is 0 Å². The van der Waals surface area contributed by atoms with Crippen molar-refractivity contribution in [1.82, 2.24) is 0 Å². The van der Waals surface area contributed by atoms with Crippen molar-refractivity contribution in [1.29, 1.82) is 5.26 Å². The predicted molar refractivity (Wildman–Crippen MR) is 58.1 cm³/mol. The predicted octanol–water partition coefficient (Wildman–Crippen LogP) is 2.41. The Hall–Kier alpha value is -0.630. The van der Waals surface area contributed by atoms with Crippen LogP contribution in [-0.2, 0) is 5.75 Å². The van der Waals surface area contributed by atoms with Crippen LogP contribution in [0.2, 0.25) is 5.22 Å². The van der Waals surface area contributed by atoms with E-state index in [2.05, 4.69) is 0 Å². The van der Waals surface area contributed by atoms with Crippen LogP contribution < -0.4 is 5.73 Å². The molecule has 0 aliphatic carbocycles. The highest BCUT2D eigenvalue weighted by molar-refractivity contribution is 7.98. The number of halogens is 1. The Morgan fingerprint density at radius 1 is 1.71 bits per heavy atom. The first-order chi connectivity index (χ1) is 6.53. The minimum absolute atomic E-state index is 0.386. The van der Waals surface area contributed by atoms with Crippen molar-refractivity contribution < 1.29 is 4.42 Å². The number of rotatable bonds is 4. The van der Waals surface area contributed by atoms with Gasteiger partial charge in [-0.1, -0.05) is 0 Å². The van der Waals surface area contributed by atoms with E-state index in [0.717, 1.165) is 5.76 Å². The van der Waals surface area contributed by atoms with E-state index in [-0.39, 0.29) is 0 Å². The van der Waals surface area contributed by atoms with Crippen molar-refractivity contribution >= 4 is 23.4 Å². The lowest BCUT2D eigenvalue weighted by atomic mass is 10.1. The molecule has 0 spiro atoms. The van der Waals surface area contributed by atoms with Gasteiger partial charge in [-0.25, -0.2) is 0 Å². The largest absolute Gasteiger partial charge is 0.449 e. The number of thioether (sulfide) groups is 1. The fraction of sp³-hybridized carbons (Fsp3) is 0.444. The van der Waals surface area contributed by atoms with Crippen molar-refractivity contribution in [2.45, 2.75) is 18.2 Å². The lowest BCUT2D eigenvalue weighted by Gasteiger charge is -2.13. The van der Waals surface area contributed by atoms with Crippen LogP contribution in [0.5, 0.6) is 0 Å². The number of furan rings is 1. The Bertz CT molecular complexity index is 343. The van der Waals surface area contributed by atoms with Crippen LogP contribution in [0.4, 0.5) is 0 Å². The van der Waals surface area contributed by atoms with Gasteiger partial charge in [0.05, 0.1) is 11.8 Å². The van der Waals surface area contributed by atoms with Crippen molar-refractivity contribution in [3.8, 4) is 6.07 Å².